The van der Waals surface area contributed by atoms with Gasteiger partial charge in [0.1, 0.15) is 6.04 Å². The number of rotatable bonds is 12. The molecule has 1 atom stereocenters. The van der Waals surface area contributed by atoms with Crippen molar-refractivity contribution in [1.82, 2.24) is 10.7 Å². The van der Waals surface area contributed by atoms with Crippen LogP contribution in [0.4, 0.5) is 0 Å². The van der Waals surface area contributed by atoms with Crippen LogP contribution in [0.25, 0.3) is 0 Å². The summed E-state index contributed by atoms with van der Waals surface area (Å²) < 4.78 is 0. The van der Waals surface area contributed by atoms with Gasteiger partial charge in [0.25, 0.3) is 0 Å². The van der Waals surface area contributed by atoms with Crippen LogP contribution in [0.5, 0.6) is 0 Å². The summed E-state index contributed by atoms with van der Waals surface area (Å²) in [6.07, 6.45) is 5.83. The zero-order valence-electron chi connectivity index (χ0n) is 11.9. The molecule has 0 fully saturated rings. The van der Waals surface area contributed by atoms with Crippen molar-refractivity contribution in [2.45, 2.75) is 51.5 Å². The highest BCUT2D eigenvalue weighted by atomic mass is 16.7. The van der Waals surface area contributed by atoms with Gasteiger partial charge in [-0.15, -0.1) is 5.43 Å². The third-order valence-electron chi connectivity index (χ3n) is 2.72. The second-order valence-electron chi connectivity index (χ2n) is 4.50. The number of unbranched alkanes of at least 4 members (excludes halogenated alkanes) is 3. The van der Waals surface area contributed by atoms with Crippen LogP contribution in [-0.2, 0) is 4.79 Å². The number of hydrogen-bond acceptors (Lipinski definition) is 4. The molecule has 20 heavy (non-hydrogen) atoms. The molecule has 0 aliphatic carbocycles. The van der Waals surface area contributed by atoms with E-state index in [9.17, 15) is 14.9 Å². The maximum Gasteiger partial charge on any atom is 0.185 e. The van der Waals surface area contributed by atoms with Crippen LogP contribution in [0.2, 0.25) is 0 Å². The topological polar surface area (TPSA) is 134 Å². The van der Waals surface area contributed by atoms with Gasteiger partial charge in [0.05, 0.1) is 0 Å². The molecular formula is C12H24N5O3. The van der Waals surface area contributed by atoms with Crippen molar-refractivity contribution in [2.75, 3.05) is 6.54 Å². The lowest BCUT2D eigenvalue weighted by Crippen LogP contribution is -2.41. The number of nitrogens with zero attached hydrogens (tertiary/aromatic N) is 1. The second kappa shape index (κ2) is 11.0. The lowest BCUT2D eigenvalue weighted by atomic mass is 10.0. The first kappa shape index (κ1) is 18.1. The van der Waals surface area contributed by atoms with Crippen LogP contribution in [0, 0.1) is 21.9 Å². The number of nitro groups is 1. The molecule has 0 aromatic carbocycles. The van der Waals surface area contributed by atoms with Gasteiger partial charge in [-0.2, -0.15) is 0 Å². The molecule has 0 aromatic heterocycles. The summed E-state index contributed by atoms with van der Waals surface area (Å²) in [4.78, 5) is 22.4. The zero-order chi connectivity index (χ0) is 15.4. The van der Waals surface area contributed by atoms with Crippen molar-refractivity contribution >= 4 is 11.7 Å². The highest BCUT2D eigenvalue weighted by molar-refractivity contribution is 5.83. The van der Waals surface area contributed by atoms with Crippen LogP contribution in [0.3, 0.4) is 0 Å². The van der Waals surface area contributed by atoms with E-state index in [2.05, 4.69) is 17.7 Å². The van der Waals surface area contributed by atoms with Gasteiger partial charge in [0.15, 0.2) is 16.8 Å². The van der Waals surface area contributed by atoms with Crippen molar-refractivity contribution in [1.29, 1.82) is 5.41 Å². The fourth-order valence-electron chi connectivity index (χ4n) is 1.72. The molecular weight excluding hydrogens is 262 g/mol. The molecule has 0 spiro atoms. The molecule has 0 unspecified atom stereocenters. The Morgan fingerprint density at radius 2 is 2.20 bits per heavy atom. The summed E-state index contributed by atoms with van der Waals surface area (Å²) >= 11 is 0. The summed E-state index contributed by atoms with van der Waals surface area (Å²) in [6, 6.07) is -0.784. The smallest absolute Gasteiger partial charge is 0.185 e. The molecule has 0 saturated heterocycles. The van der Waals surface area contributed by atoms with Gasteiger partial charge in [-0.1, -0.05) is 19.8 Å². The largest absolute Gasteiger partial charge is 0.370 e. The summed E-state index contributed by atoms with van der Waals surface area (Å²) in [7, 11) is 0. The average Bonchev–Trinajstić information content (AvgIpc) is 2.37. The van der Waals surface area contributed by atoms with Crippen molar-refractivity contribution in [3.05, 3.63) is 16.5 Å². The number of hydrazine groups is 1. The van der Waals surface area contributed by atoms with E-state index in [-0.39, 0.29) is 11.7 Å². The monoisotopic (exact) mass is 286 g/mol. The van der Waals surface area contributed by atoms with Gasteiger partial charge in [-0.3, -0.25) is 10.2 Å². The van der Waals surface area contributed by atoms with Crippen molar-refractivity contribution in [2.24, 2.45) is 5.73 Å². The van der Waals surface area contributed by atoms with E-state index in [1.165, 1.54) is 0 Å². The number of nitrogens with two attached hydrogens (primary N) is 1. The van der Waals surface area contributed by atoms with Gasteiger partial charge in [-0.05, 0) is 25.7 Å². The molecule has 0 saturated carbocycles. The normalized spacial score (nSPS) is 11.7. The molecule has 0 rings (SSSR count). The first-order chi connectivity index (χ1) is 9.47. The fourth-order valence-corrected chi connectivity index (χ4v) is 1.72. The van der Waals surface area contributed by atoms with Crippen LogP contribution in [-0.4, -0.2) is 29.4 Å². The van der Waals surface area contributed by atoms with E-state index in [0.717, 1.165) is 12.8 Å². The third kappa shape index (κ3) is 10.1. The fraction of sp³-hybridized carbons (Fsp3) is 0.750. The standard InChI is InChI=1S/C12H24N5O3/c1-2-3-4-5-8-11(18)10(16-17(19)20)7-6-9-15-12(13)14/h4,10,16H,2-3,5-9H2,1H3,(H4,13,14,15)/t10-/m0/s1. The lowest BCUT2D eigenvalue weighted by molar-refractivity contribution is -0.548. The molecule has 5 N–H and O–H groups in total. The van der Waals surface area contributed by atoms with Crippen molar-refractivity contribution < 1.29 is 9.83 Å². The van der Waals surface area contributed by atoms with E-state index in [1.54, 1.807) is 0 Å². The van der Waals surface area contributed by atoms with Gasteiger partial charge < -0.3 is 11.1 Å². The van der Waals surface area contributed by atoms with Crippen molar-refractivity contribution in [3.63, 3.8) is 0 Å². The predicted molar refractivity (Wildman–Crippen MR) is 76.5 cm³/mol. The Hall–Kier alpha value is -1.86. The number of ketones is 1. The van der Waals surface area contributed by atoms with E-state index < -0.39 is 11.1 Å². The third-order valence-corrected chi connectivity index (χ3v) is 2.72. The SMILES string of the molecule is CCC[CH]CCC(=O)[C@H](CCCNC(=N)N)N[N+](=O)[O-]. The summed E-state index contributed by atoms with van der Waals surface area (Å²) in [5.41, 5.74) is 7.18. The zero-order valence-corrected chi connectivity index (χ0v) is 11.9. The molecule has 0 heterocycles. The predicted octanol–water partition coefficient (Wildman–Crippen LogP) is 0.753. The van der Waals surface area contributed by atoms with Crippen LogP contribution >= 0.6 is 0 Å². The first-order valence-corrected chi connectivity index (χ1v) is 6.80. The summed E-state index contributed by atoms with van der Waals surface area (Å²) in [5, 5.41) is 19.4. The highest BCUT2D eigenvalue weighted by Crippen LogP contribution is 2.07. The van der Waals surface area contributed by atoms with Crippen molar-refractivity contribution in [3.8, 4) is 0 Å². The maximum atomic E-state index is 11.9. The van der Waals surface area contributed by atoms with Crippen LogP contribution in [0.1, 0.15) is 45.4 Å². The van der Waals surface area contributed by atoms with E-state index in [0.29, 0.717) is 32.2 Å². The summed E-state index contributed by atoms with van der Waals surface area (Å²) in [6.45, 7) is 2.47. The summed E-state index contributed by atoms with van der Waals surface area (Å²) in [5.74, 6) is -0.304. The first-order valence-electron chi connectivity index (χ1n) is 6.80. The molecule has 1 radical (unpaired) electrons. The Balaban J connectivity index is 4.07. The Labute approximate surface area is 119 Å². The van der Waals surface area contributed by atoms with E-state index >= 15 is 0 Å². The Morgan fingerprint density at radius 3 is 2.75 bits per heavy atom. The van der Waals surface area contributed by atoms with Crippen LogP contribution in [0.15, 0.2) is 0 Å². The minimum Gasteiger partial charge on any atom is -0.370 e. The van der Waals surface area contributed by atoms with Gasteiger partial charge in [0.2, 0.25) is 0 Å². The Morgan fingerprint density at radius 1 is 1.50 bits per heavy atom. The Kier molecular flexibility index (Phi) is 9.98. The minimum atomic E-state index is -0.784. The van der Waals surface area contributed by atoms with E-state index in [1.807, 2.05) is 6.42 Å². The number of nitrogens with one attached hydrogen (secondary N) is 3. The number of Topliss-reactive ketones (excluding diaryl/α,β-unsaturated/α-hetero) is 1. The lowest BCUT2D eigenvalue weighted by Gasteiger charge is -2.13. The molecule has 0 amide bonds. The average molecular weight is 286 g/mol. The van der Waals surface area contributed by atoms with Crippen LogP contribution < -0.4 is 16.5 Å². The molecule has 115 valence electrons. The number of guanidine groups is 1. The molecule has 8 nitrogen and oxygen atoms in total. The van der Waals surface area contributed by atoms with Gasteiger partial charge >= 0.3 is 0 Å². The van der Waals surface area contributed by atoms with Gasteiger partial charge in [0, 0.05) is 13.0 Å². The Bertz CT molecular complexity index is 322. The quantitative estimate of drug-likeness (QED) is 0.137. The highest BCUT2D eigenvalue weighted by Gasteiger charge is 2.21. The minimum absolute atomic E-state index is 0.149. The number of carbonyl (C=O) groups is 1. The van der Waals surface area contributed by atoms with Gasteiger partial charge in [-0.25, -0.2) is 10.1 Å². The maximum absolute atomic E-state index is 11.9. The number of carbonyl (C=O) groups excluding carboxylic acids is 1. The molecule has 0 aliphatic heterocycles. The molecule has 8 heteroatoms. The molecule has 0 bridgehead atoms. The molecule has 0 aliphatic rings. The number of hydrogen-bond donors (Lipinski definition) is 4. The second-order valence-corrected chi connectivity index (χ2v) is 4.50. The molecule has 0 aromatic rings. The van der Waals surface area contributed by atoms with E-state index in [4.69, 9.17) is 11.1 Å².